The van der Waals surface area contributed by atoms with Crippen LogP contribution in [0, 0.1) is 4.91 Å². The molecule has 0 aliphatic rings. The van der Waals surface area contributed by atoms with E-state index in [1.807, 2.05) is 0 Å². The lowest BCUT2D eigenvalue weighted by Gasteiger charge is -2.12. The van der Waals surface area contributed by atoms with Crippen LogP contribution in [-0.2, 0) is 9.59 Å². The summed E-state index contributed by atoms with van der Waals surface area (Å²) in [6.07, 6.45) is 2.82. The van der Waals surface area contributed by atoms with Crippen LogP contribution in [0.25, 0.3) is 0 Å². The number of amides is 2. The number of hydrogen-bond acceptors (Lipinski definition) is 6. The molecule has 0 heterocycles. The third kappa shape index (κ3) is 8.50. The van der Waals surface area contributed by atoms with E-state index in [2.05, 4.69) is 26.3 Å². The summed E-state index contributed by atoms with van der Waals surface area (Å²) < 4.78 is 0. The maximum Gasteiger partial charge on any atom is 0.261 e. The molecule has 2 aromatic carbocycles. The number of hydrogen-bond donors (Lipinski definition) is 2. The normalized spacial score (nSPS) is 10.8. The third-order valence-electron chi connectivity index (χ3n) is 3.31. The van der Waals surface area contributed by atoms with Gasteiger partial charge in [0.15, 0.2) is 0 Å². The van der Waals surface area contributed by atoms with Gasteiger partial charge in [-0.2, -0.15) is 10.2 Å². The molecule has 0 saturated carbocycles. The Hall–Kier alpha value is -3.30. The largest absolute Gasteiger partial charge is 0.271 e. The summed E-state index contributed by atoms with van der Waals surface area (Å²) in [6.45, 7) is -0.897. The highest BCUT2D eigenvalue weighted by atomic mass is 35.5. The summed E-state index contributed by atoms with van der Waals surface area (Å²) in [7, 11) is 0. The fraction of sp³-hybridized carbons (Fsp3) is 0.111. The first-order valence-electron chi connectivity index (χ1n) is 8.19. The predicted octanol–water partition coefficient (Wildman–Crippen LogP) is 2.58. The van der Waals surface area contributed by atoms with Crippen molar-refractivity contribution in [1.29, 1.82) is 0 Å². The SMILES string of the molecule is O=NN(CC(=O)N/N=C/c1ccc(Cl)cc1)CC(=O)N/N=C/c1ccc(Cl)cc1. The number of carbonyl (C=O) groups is 2. The quantitative estimate of drug-likeness (QED) is 0.358. The summed E-state index contributed by atoms with van der Waals surface area (Å²) in [6, 6.07) is 13.6. The van der Waals surface area contributed by atoms with Crippen molar-refractivity contribution in [2.24, 2.45) is 15.5 Å². The van der Waals surface area contributed by atoms with Crippen LogP contribution in [0.2, 0.25) is 10.0 Å². The van der Waals surface area contributed by atoms with E-state index in [4.69, 9.17) is 23.2 Å². The first-order valence-corrected chi connectivity index (χ1v) is 8.95. The van der Waals surface area contributed by atoms with Gasteiger partial charge in [0, 0.05) is 10.0 Å². The van der Waals surface area contributed by atoms with Crippen LogP contribution in [-0.4, -0.2) is 42.3 Å². The molecule has 0 radical (unpaired) electrons. The maximum absolute atomic E-state index is 11.8. The molecule has 0 saturated heterocycles. The molecule has 0 aliphatic carbocycles. The zero-order valence-electron chi connectivity index (χ0n) is 15.0. The zero-order chi connectivity index (χ0) is 21.1. The van der Waals surface area contributed by atoms with Crippen LogP contribution in [0.15, 0.2) is 64.0 Å². The minimum Gasteiger partial charge on any atom is -0.271 e. The Labute approximate surface area is 176 Å². The van der Waals surface area contributed by atoms with E-state index in [1.54, 1.807) is 48.5 Å². The van der Waals surface area contributed by atoms with Crippen molar-refractivity contribution >= 4 is 47.4 Å². The van der Waals surface area contributed by atoms with Gasteiger partial charge in [-0.1, -0.05) is 47.5 Å². The molecule has 2 aromatic rings. The lowest BCUT2D eigenvalue weighted by molar-refractivity contribution is -0.125. The molecule has 0 unspecified atom stereocenters. The fourth-order valence-corrected chi connectivity index (χ4v) is 2.22. The van der Waals surface area contributed by atoms with Crippen LogP contribution < -0.4 is 10.9 Å². The van der Waals surface area contributed by atoms with Crippen molar-refractivity contribution in [2.45, 2.75) is 0 Å². The summed E-state index contributed by atoms with van der Waals surface area (Å²) in [4.78, 5) is 34.5. The second kappa shape index (κ2) is 11.5. The Balaban J connectivity index is 1.75. The average molecular weight is 435 g/mol. The highest BCUT2D eigenvalue weighted by Gasteiger charge is 2.13. The minimum absolute atomic E-state index is 0.449. The van der Waals surface area contributed by atoms with Crippen molar-refractivity contribution in [1.82, 2.24) is 15.9 Å². The van der Waals surface area contributed by atoms with E-state index in [9.17, 15) is 14.5 Å². The molecule has 9 nitrogen and oxygen atoms in total. The van der Waals surface area contributed by atoms with E-state index in [1.165, 1.54) is 12.4 Å². The Morgan fingerprint density at radius 3 is 1.52 bits per heavy atom. The van der Waals surface area contributed by atoms with E-state index in [0.717, 1.165) is 16.1 Å². The van der Waals surface area contributed by atoms with Gasteiger partial charge in [0.1, 0.15) is 13.1 Å². The van der Waals surface area contributed by atoms with Gasteiger partial charge in [0.2, 0.25) is 0 Å². The number of hydrazone groups is 2. The summed E-state index contributed by atoms with van der Waals surface area (Å²) >= 11 is 11.5. The standard InChI is InChI=1S/C18H16Cl2N6O3/c19-15-5-1-13(2-6-15)9-21-23-17(27)11-26(25-29)12-18(28)24-22-10-14-3-7-16(20)8-4-14/h1-10H,11-12H2,(H,23,27)(H,24,28)/b21-9+,22-10+. The van der Waals surface area contributed by atoms with Gasteiger partial charge in [-0.3, -0.25) is 9.59 Å². The molecular formula is C18H16Cl2N6O3. The van der Waals surface area contributed by atoms with E-state index >= 15 is 0 Å². The maximum atomic E-state index is 11.8. The first-order chi connectivity index (χ1) is 14.0. The molecule has 150 valence electrons. The number of carbonyl (C=O) groups excluding carboxylic acids is 2. The van der Waals surface area contributed by atoms with Crippen LogP contribution in [0.4, 0.5) is 0 Å². The molecule has 0 aliphatic heterocycles. The Bertz CT molecular complexity index is 829. The number of nitrogens with one attached hydrogen (secondary N) is 2. The Kier molecular flexibility index (Phi) is 8.74. The Morgan fingerprint density at radius 1 is 0.793 bits per heavy atom. The van der Waals surface area contributed by atoms with Crippen LogP contribution in [0.5, 0.6) is 0 Å². The number of halogens is 2. The van der Waals surface area contributed by atoms with Gasteiger partial charge in [-0.25, -0.2) is 15.9 Å². The second-order valence-corrected chi connectivity index (χ2v) is 6.47. The smallest absolute Gasteiger partial charge is 0.261 e. The Morgan fingerprint density at radius 2 is 1.17 bits per heavy atom. The molecule has 29 heavy (non-hydrogen) atoms. The molecule has 0 atom stereocenters. The fourth-order valence-electron chi connectivity index (χ4n) is 1.97. The van der Waals surface area contributed by atoms with Gasteiger partial charge in [-0.15, -0.1) is 4.91 Å². The zero-order valence-corrected chi connectivity index (χ0v) is 16.5. The first kappa shape index (κ1) is 22.0. The van der Waals surface area contributed by atoms with E-state index in [-0.39, 0.29) is 0 Å². The van der Waals surface area contributed by atoms with Crippen LogP contribution >= 0.6 is 23.2 Å². The average Bonchev–Trinajstić information content (AvgIpc) is 2.70. The lowest BCUT2D eigenvalue weighted by Crippen LogP contribution is -2.38. The number of nitrogens with zero attached hydrogens (tertiary/aromatic N) is 4. The van der Waals surface area contributed by atoms with Gasteiger partial charge in [0.05, 0.1) is 17.7 Å². The van der Waals surface area contributed by atoms with Crippen molar-refractivity contribution in [3.63, 3.8) is 0 Å². The molecule has 2 rings (SSSR count). The molecule has 2 N–H and O–H groups in total. The third-order valence-corrected chi connectivity index (χ3v) is 3.82. The topological polar surface area (TPSA) is 116 Å². The second-order valence-electron chi connectivity index (χ2n) is 5.59. The van der Waals surface area contributed by atoms with E-state index < -0.39 is 24.9 Å². The van der Waals surface area contributed by atoms with E-state index in [0.29, 0.717) is 10.0 Å². The number of benzene rings is 2. The number of nitroso groups, excluding NO2 is 1. The highest BCUT2D eigenvalue weighted by molar-refractivity contribution is 6.30. The predicted molar refractivity (Wildman–Crippen MR) is 112 cm³/mol. The minimum atomic E-state index is -0.618. The molecule has 0 aromatic heterocycles. The van der Waals surface area contributed by atoms with Crippen LogP contribution in [0.3, 0.4) is 0 Å². The molecular weight excluding hydrogens is 419 g/mol. The van der Waals surface area contributed by atoms with Crippen molar-refractivity contribution in [2.75, 3.05) is 13.1 Å². The molecule has 11 heteroatoms. The van der Waals surface area contributed by atoms with Gasteiger partial charge < -0.3 is 0 Å². The summed E-state index contributed by atoms with van der Waals surface area (Å²) in [5.74, 6) is -1.24. The van der Waals surface area contributed by atoms with Gasteiger partial charge in [0.25, 0.3) is 11.8 Å². The summed E-state index contributed by atoms with van der Waals surface area (Å²) in [5.41, 5.74) is 5.92. The van der Waals surface area contributed by atoms with Crippen molar-refractivity contribution < 1.29 is 9.59 Å². The van der Waals surface area contributed by atoms with Gasteiger partial charge in [-0.05, 0) is 35.4 Å². The lowest BCUT2D eigenvalue weighted by atomic mass is 10.2. The number of rotatable bonds is 9. The highest BCUT2D eigenvalue weighted by Crippen LogP contribution is 2.08. The molecule has 0 spiro atoms. The monoisotopic (exact) mass is 434 g/mol. The summed E-state index contributed by atoms with van der Waals surface area (Å²) in [5, 5.41) is 12.1. The van der Waals surface area contributed by atoms with Crippen molar-refractivity contribution in [3.8, 4) is 0 Å². The molecule has 2 amide bonds. The van der Waals surface area contributed by atoms with Crippen molar-refractivity contribution in [3.05, 3.63) is 74.6 Å². The molecule has 0 fully saturated rings. The van der Waals surface area contributed by atoms with Crippen LogP contribution in [0.1, 0.15) is 11.1 Å². The molecule has 0 bridgehead atoms. The van der Waals surface area contributed by atoms with Gasteiger partial charge >= 0.3 is 0 Å².